The summed E-state index contributed by atoms with van der Waals surface area (Å²) in [7, 11) is -1.95. The minimum atomic E-state index is -3.47. The molecule has 0 unspecified atom stereocenters. The maximum atomic E-state index is 11.6. The Kier molecular flexibility index (Phi) is 5.57. The molecule has 0 aliphatic heterocycles. The minimum absolute atomic E-state index is 0.0906. The van der Waals surface area contributed by atoms with E-state index < -0.39 is 10.0 Å². The van der Waals surface area contributed by atoms with Gasteiger partial charge in [0.05, 0.1) is 19.0 Å². The van der Waals surface area contributed by atoms with Crippen molar-refractivity contribution in [1.82, 2.24) is 4.89 Å². The topological polar surface area (TPSA) is 64.6 Å². The number of hydrogen-bond donors (Lipinski definition) is 1. The molecule has 0 aliphatic carbocycles. The van der Waals surface area contributed by atoms with E-state index in [1.807, 2.05) is 25.1 Å². The fraction of sp³-hybridized carbons (Fsp3) is 0.455. The molecule has 0 aromatic heterocycles. The van der Waals surface area contributed by atoms with E-state index in [1.54, 1.807) is 6.07 Å². The Morgan fingerprint density at radius 1 is 1.24 bits per heavy atom. The van der Waals surface area contributed by atoms with E-state index in [4.69, 9.17) is 9.57 Å². The van der Waals surface area contributed by atoms with E-state index in [-0.39, 0.29) is 12.4 Å². The molecular weight excluding hydrogens is 242 g/mol. The number of ether oxygens (including phenoxy) is 1. The van der Waals surface area contributed by atoms with Crippen molar-refractivity contribution in [3.8, 4) is 0 Å². The lowest BCUT2D eigenvalue weighted by atomic mass is 10.1. The van der Waals surface area contributed by atoms with Crippen LogP contribution in [0.25, 0.3) is 0 Å². The molecule has 0 saturated carbocycles. The van der Waals surface area contributed by atoms with E-state index in [1.165, 1.54) is 7.11 Å². The van der Waals surface area contributed by atoms with Crippen molar-refractivity contribution in [3.05, 3.63) is 35.4 Å². The van der Waals surface area contributed by atoms with Crippen LogP contribution in [0.3, 0.4) is 0 Å². The van der Waals surface area contributed by atoms with Gasteiger partial charge in [-0.25, -0.2) is 8.42 Å². The van der Waals surface area contributed by atoms with E-state index >= 15 is 0 Å². The van der Waals surface area contributed by atoms with Gasteiger partial charge in [-0.1, -0.05) is 29.2 Å². The van der Waals surface area contributed by atoms with E-state index in [2.05, 4.69) is 4.89 Å². The zero-order valence-corrected chi connectivity index (χ0v) is 10.8. The van der Waals surface area contributed by atoms with Crippen LogP contribution < -0.4 is 4.89 Å². The van der Waals surface area contributed by atoms with Crippen LogP contribution >= 0.6 is 0 Å². The smallest absolute Gasteiger partial charge is 0.237 e. The van der Waals surface area contributed by atoms with Gasteiger partial charge in [0.1, 0.15) is 0 Å². The number of rotatable bonds is 7. The Morgan fingerprint density at radius 2 is 1.94 bits per heavy atom. The van der Waals surface area contributed by atoms with Crippen molar-refractivity contribution in [2.75, 3.05) is 20.3 Å². The highest BCUT2D eigenvalue weighted by atomic mass is 32.2. The maximum Gasteiger partial charge on any atom is 0.237 e. The number of nitrogens with one attached hydrogen (secondary N) is 1. The minimum Gasteiger partial charge on any atom is -0.382 e. The van der Waals surface area contributed by atoms with Crippen molar-refractivity contribution in [1.29, 1.82) is 0 Å². The Labute approximate surface area is 102 Å². The first kappa shape index (κ1) is 14.1. The van der Waals surface area contributed by atoms with Crippen LogP contribution in [-0.4, -0.2) is 28.7 Å². The standard InChI is InChI=1S/C11H17NO4S/c1-10-5-3-4-6-11(10)9-17(13,14)12-16-8-7-15-2/h3-6,12H,7-9H2,1-2H3. The molecule has 1 rings (SSSR count). The largest absolute Gasteiger partial charge is 0.382 e. The number of sulfonamides is 1. The first-order valence-electron chi connectivity index (χ1n) is 5.20. The molecule has 0 atom stereocenters. The third kappa shape index (κ3) is 5.27. The average molecular weight is 259 g/mol. The molecule has 5 nitrogen and oxygen atoms in total. The van der Waals surface area contributed by atoms with E-state index in [9.17, 15) is 8.42 Å². The summed E-state index contributed by atoms with van der Waals surface area (Å²) in [6.45, 7) is 2.40. The molecule has 0 saturated heterocycles. The lowest BCUT2D eigenvalue weighted by Crippen LogP contribution is -2.27. The summed E-state index contributed by atoms with van der Waals surface area (Å²) in [6.07, 6.45) is 0. The average Bonchev–Trinajstić information content (AvgIpc) is 2.28. The van der Waals surface area contributed by atoms with Crippen LogP contribution in [0.1, 0.15) is 11.1 Å². The first-order valence-corrected chi connectivity index (χ1v) is 6.85. The van der Waals surface area contributed by atoms with Crippen LogP contribution in [-0.2, 0) is 25.4 Å². The molecular formula is C11H17NO4S. The summed E-state index contributed by atoms with van der Waals surface area (Å²) >= 11 is 0. The Bertz CT molecular complexity index is 445. The monoisotopic (exact) mass is 259 g/mol. The van der Waals surface area contributed by atoms with Crippen LogP contribution in [0.2, 0.25) is 0 Å². The van der Waals surface area contributed by atoms with E-state index in [0.29, 0.717) is 6.61 Å². The molecule has 0 amide bonds. The van der Waals surface area contributed by atoms with Crippen LogP contribution in [0, 0.1) is 6.92 Å². The summed E-state index contributed by atoms with van der Waals surface area (Å²) in [5.41, 5.74) is 1.70. The number of benzene rings is 1. The maximum absolute atomic E-state index is 11.6. The van der Waals surface area contributed by atoms with Gasteiger partial charge in [0.25, 0.3) is 0 Å². The number of methoxy groups -OCH3 is 1. The predicted molar refractivity (Wildman–Crippen MR) is 64.8 cm³/mol. The number of aryl methyl sites for hydroxylation is 1. The van der Waals surface area contributed by atoms with Crippen LogP contribution in [0.4, 0.5) is 0 Å². The van der Waals surface area contributed by atoms with Gasteiger partial charge in [0.15, 0.2) is 0 Å². The molecule has 0 bridgehead atoms. The number of hydrogen-bond acceptors (Lipinski definition) is 4. The second kappa shape index (κ2) is 6.70. The summed E-state index contributed by atoms with van der Waals surface area (Å²) in [5, 5.41) is 0. The molecule has 0 spiro atoms. The molecule has 1 aromatic rings. The highest BCUT2D eigenvalue weighted by molar-refractivity contribution is 7.88. The molecule has 17 heavy (non-hydrogen) atoms. The molecule has 0 heterocycles. The molecule has 96 valence electrons. The second-order valence-corrected chi connectivity index (χ2v) is 5.30. The predicted octanol–water partition coefficient (Wildman–Crippen LogP) is 0.992. The third-order valence-corrected chi connectivity index (χ3v) is 3.25. The van der Waals surface area contributed by atoms with Gasteiger partial charge >= 0.3 is 0 Å². The zero-order chi connectivity index (χ0) is 12.7. The van der Waals surface area contributed by atoms with Gasteiger partial charge in [0.2, 0.25) is 10.0 Å². The third-order valence-electron chi connectivity index (χ3n) is 2.18. The SMILES string of the molecule is COCCONS(=O)(=O)Cc1ccccc1C. The summed E-state index contributed by atoms with van der Waals surface area (Å²) < 4.78 is 28.0. The summed E-state index contributed by atoms with van der Waals surface area (Å²) in [4.78, 5) is 6.85. The highest BCUT2D eigenvalue weighted by Crippen LogP contribution is 2.10. The quantitative estimate of drug-likeness (QED) is 0.586. The van der Waals surface area contributed by atoms with Gasteiger partial charge < -0.3 is 4.74 Å². The van der Waals surface area contributed by atoms with Crippen molar-refractivity contribution in [2.45, 2.75) is 12.7 Å². The zero-order valence-electron chi connectivity index (χ0n) is 9.97. The van der Waals surface area contributed by atoms with Gasteiger partial charge in [-0.2, -0.15) is 0 Å². The summed E-state index contributed by atoms with van der Waals surface area (Å²) in [6, 6.07) is 7.33. The van der Waals surface area contributed by atoms with E-state index in [0.717, 1.165) is 11.1 Å². The van der Waals surface area contributed by atoms with Crippen LogP contribution in [0.15, 0.2) is 24.3 Å². The summed E-state index contributed by atoms with van der Waals surface area (Å²) in [5.74, 6) is -0.0906. The molecule has 0 fully saturated rings. The van der Waals surface area contributed by atoms with Crippen molar-refractivity contribution in [2.24, 2.45) is 0 Å². The lowest BCUT2D eigenvalue weighted by Gasteiger charge is -2.08. The normalized spacial score (nSPS) is 11.6. The van der Waals surface area contributed by atoms with Gasteiger partial charge in [-0.3, -0.25) is 4.84 Å². The Hall–Kier alpha value is -0.950. The lowest BCUT2D eigenvalue weighted by molar-refractivity contribution is 0.0438. The van der Waals surface area contributed by atoms with Crippen molar-refractivity contribution < 1.29 is 18.0 Å². The van der Waals surface area contributed by atoms with Gasteiger partial charge in [0, 0.05) is 7.11 Å². The molecule has 0 radical (unpaired) electrons. The fourth-order valence-corrected chi connectivity index (χ4v) is 2.32. The molecule has 0 aliphatic rings. The highest BCUT2D eigenvalue weighted by Gasteiger charge is 2.12. The second-order valence-electron chi connectivity index (χ2n) is 3.61. The molecule has 1 aromatic carbocycles. The Morgan fingerprint density at radius 3 is 2.59 bits per heavy atom. The van der Waals surface area contributed by atoms with Crippen LogP contribution in [0.5, 0.6) is 0 Å². The van der Waals surface area contributed by atoms with Gasteiger partial charge in [-0.05, 0) is 18.1 Å². The first-order chi connectivity index (χ1) is 8.05. The van der Waals surface area contributed by atoms with Crippen molar-refractivity contribution >= 4 is 10.0 Å². The van der Waals surface area contributed by atoms with Crippen molar-refractivity contribution in [3.63, 3.8) is 0 Å². The Balaban J connectivity index is 2.52. The van der Waals surface area contributed by atoms with Gasteiger partial charge in [-0.15, -0.1) is 0 Å². The molecule has 6 heteroatoms. The fourth-order valence-electron chi connectivity index (χ4n) is 1.26. The molecule has 1 N–H and O–H groups in total.